The first kappa shape index (κ1) is 15.6. The number of nitrogens with zero attached hydrogens (tertiary/aromatic N) is 3. The molecule has 22 heavy (non-hydrogen) atoms. The molecule has 2 aromatic rings. The fourth-order valence-corrected chi connectivity index (χ4v) is 1.82. The molecular weight excluding hydrogens is 307 g/mol. The van der Waals surface area contributed by atoms with E-state index in [1.807, 2.05) is 0 Å². The Kier molecular flexibility index (Phi) is 3.93. The topological polar surface area (TPSA) is 86.5 Å². The molecule has 0 amide bonds. The predicted molar refractivity (Wildman–Crippen MR) is 66.4 cm³/mol. The third-order valence-electron chi connectivity index (χ3n) is 2.75. The van der Waals surface area contributed by atoms with Gasteiger partial charge in [0.1, 0.15) is 0 Å². The molecule has 0 spiro atoms. The molecule has 0 aliphatic carbocycles. The molecule has 0 bridgehead atoms. The van der Waals surface area contributed by atoms with Crippen molar-refractivity contribution in [3.63, 3.8) is 0 Å². The minimum Gasteiger partial charge on any atom is -0.493 e. The molecule has 0 aliphatic heterocycles. The molecule has 1 heterocycles. The Morgan fingerprint density at radius 3 is 2.36 bits per heavy atom. The Morgan fingerprint density at radius 1 is 1.23 bits per heavy atom. The van der Waals surface area contributed by atoms with Gasteiger partial charge in [0.05, 0.1) is 19.9 Å². The molecule has 0 atom stereocenters. The average molecular weight is 317 g/mol. The fraction of sp³-hybridized carbons (Fsp3) is 0.250. The normalized spacial score (nSPS) is 11.3. The number of alkyl halides is 3. The van der Waals surface area contributed by atoms with E-state index in [9.17, 15) is 18.0 Å². The summed E-state index contributed by atoms with van der Waals surface area (Å²) in [6.45, 7) is 0. The van der Waals surface area contributed by atoms with Gasteiger partial charge in [-0.25, -0.2) is 9.48 Å². The third-order valence-corrected chi connectivity index (χ3v) is 2.75. The third kappa shape index (κ3) is 2.67. The van der Waals surface area contributed by atoms with E-state index >= 15 is 0 Å². The summed E-state index contributed by atoms with van der Waals surface area (Å²) in [4.78, 5) is 10.9. The standard InChI is InChI=1S/C12H10F3N3O4/c1-21-7-4-3-6(5-8(7)22-2)18-10(12(13,14)15)9(11(19)20)16-17-18/h3-5H,1-2H3,(H,19,20). The summed E-state index contributed by atoms with van der Waals surface area (Å²) in [6, 6.07) is 3.88. The summed E-state index contributed by atoms with van der Waals surface area (Å²) in [7, 11) is 2.69. The highest BCUT2D eigenvalue weighted by atomic mass is 19.4. The summed E-state index contributed by atoms with van der Waals surface area (Å²) >= 11 is 0. The van der Waals surface area contributed by atoms with Crippen LogP contribution in [0, 0.1) is 0 Å². The largest absolute Gasteiger partial charge is 0.493 e. The minimum absolute atomic E-state index is 0.0648. The maximum atomic E-state index is 13.1. The molecule has 0 radical (unpaired) electrons. The average Bonchev–Trinajstić information content (AvgIpc) is 2.91. The van der Waals surface area contributed by atoms with Crippen molar-refractivity contribution in [3.05, 3.63) is 29.6 Å². The predicted octanol–water partition coefficient (Wildman–Crippen LogP) is 2.00. The van der Waals surface area contributed by atoms with Crippen LogP contribution in [0.5, 0.6) is 11.5 Å². The molecule has 1 N–H and O–H groups in total. The molecule has 0 aliphatic rings. The van der Waals surface area contributed by atoms with Crippen molar-refractivity contribution in [2.45, 2.75) is 6.18 Å². The number of hydrogen-bond acceptors (Lipinski definition) is 5. The monoisotopic (exact) mass is 317 g/mol. The van der Waals surface area contributed by atoms with Crippen LogP contribution in [0.25, 0.3) is 5.69 Å². The second-order valence-electron chi connectivity index (χ2n) is 4.04. The molecule has 0 fully saturated rings. The number of methoxy groups -OCH3 is 2. The van der Waals surface area contributed by atoms with E-state index in [1.54, 1.807) is 0 Å². The van der Waals surface area contributed by atoms with Gasteiger partial charge in [0, 0.05) is 6.07 Å². The van der Waals surface area contributed by atoms with Gasteiger partial charge in [-0.3, -0.25) is 0 Å². The number of carboxylic acids is 1. The van der Waals surface area contributed by atoms with Crippen molar-refractivity contribution >= 4 is 5.97 Å². The molecule has 1 aromatic heterocycles. The molecule has 0 saturated carbocycles. The Hall–Kier alpha value is -2.78. The van der Waals surface area contributed by atoms with Gasteiger partial charge in [0.25, 0.3) is 0 Å². The lowest BCUT2D eigenvalue weighted by atomic mass is 10.2. The number of rotatable bonds is 4. The quantitative estimate of drug-likeness (QED) is 0.928. The first-order valence-corrected chi connectivity index (χ1v) is 5.78. The first-order chi connectivity index (χ1) is 10.3. The lowest BCUT2D eigenvalue weighted by molar-refractivity contribution is -0.143. The fourth-order valence-electron chi connectivity index (χ4n) is 1.82. The number of ether oxygens (including phenoxy) is 2. The molecule has 0 saturated heterocycles. The van der Waals surface area contributed by atoms with Crippen LogP contribution in [0.4, 0.5) is 13.2 Å². The summed E-state index contributed by atoms with van der Waals surface area (Å²) < 4.78 is 49.7. The number of carboxylic acid groups (broad SMARTS) is 1. The number of benzene rings is 1. The van der Waals surface area contributed by atoms with Crippen LogP contribution in [-0.2, 0) is 6.18 Å². The maximum absolute atomic E-state index is 13.1. The Balaban J connectivity index is 2.65. The second-order valence-corrected chi connectivity index (χ2v) is 4.04. The SMILES string of the molecule is COc1ccc(-n2nnc(C(=O)O)c2C(F)(F)F)cc1OC. The highest BCUT2D eigenvalue weighted by molar-refractivity contribution is 5.86. The van der Waals surface area contributed by atoms with E-state index in [0.29, 0.717) is 10.4 Å². The van der Waals surface area contributed by atoms with Crippen LogP contribution in [0.3, 0.4) is 0 Å². The molecule has 10 heteroatoms. The molecule has 7 nitrogen and oxygen atoms in total. The number of carbonyl (C=O) groups is 1. The second kappa shape index (κ2) is 5.54. The summed E-state index contributed by atoms with van der Waals surface area (Å²) in [6.07, 6.45) is -4.94. The van der Waals surface area contributed by atoms with Crippen LogP contribution in [0.2, 0.25) is 0 Å². The van der Waals surface area contributed by atoms with Crippen LogP contribution in [0.1, 0.15) is 16.2 Å². The van der Waals surface area contributed by atoms with Gasteiger partial charge in [-0.15, -0.1) is 5.10 Å². The zero-order valence-electron chi connectivity index (χ0n) is 11.4. The van der Waals surface area contributed by atoms with Crippen molar-refractivity contribution in [3.8, 4) is 17.2 Å². The maximum Gasteiger partial charge on any atom is 0.436 e. The van der Waals surface area contributed by atoms with Gasteiger partial charge >= 0.3 is 12.1 Å². The van der Waals surface area contributed by atoms with E-state index < -0.39 is 23.5 Å². The zero-order valence-corrected chi connectivity index (χ0v) is 11.4. The van der Waals surface area contributed by atoms with Gasteiger partial charge in [-0.2, -0.15) is 13.2 Å². The Morgan fingerprint density at radius 2 is 1.86 bits per heavy atom. The number of aromatic carboxylic acids is 1. The highest BCUT2D eigenvalue weighted by Crippen LogP contribution is 2.35. The van der Waals surface area contributed by atoms with Crippen molar-refractivity contribution < 1.29 is 32.5 Å². The van der Waals surface area contributed by atoms with Crippen molar-refractivity contribution in [1.82, 2.24) is 15.0 Å². The van der Waals surface area contributed by atoms with E-state index in [0.717, 1.165) is 0 Å². The van der Waals surface area contributed by atoms with Crippen molar-refractivity contribution in [2.75, 3.05) is 14.2 Å². The lowest BCUT2D eigenvalue weighted by Crippen LogP contribution is -2.17. The minimum atomic E-state index is -4.94. The van der Waals surface area contributed by atoms with Gasteiger partial charge in [0.15, 0.2) is 17.2 Å². The summed E-state index contributed by atoms with van der Waals surface area (Å²) in [5, 5.41) is 15.2. The summed E-state index contributed by atoms with van der Waals surface area (Å²) in [5.74, 6) is -1.35. The van der Waals surface area contributed by atoms with Crippen LogP contribution in [-0.4, -0.2) is 40.3 Å². The molecule has 0 unspecified atom stereocenters. The first-order valence-electron chi connectivity index (χ1n) is 5.78. The number of aromatic nitrogens is 3. The van der Waals surface area contributed by atoms with Gasteiger partial charge in [0.2, 0.25) is 5.69 Å². The van der Waals surface area contributed by atoms with Crippen molar-refractivity contribution in [2.24, 2.45) is 0 Å². The Labute approximate surface area is 121 Å². The summed E-state index contributed by atoms with van der Waals surface area (Å²) in [5.41, 5.74) is -2.72. The highest BCUT2D eigenvalue weighted by Gasteiger charge is 2.42. The molecule has 2 rings (SSSR count). The zero-order chi connectivity index (χ0) is 16.5. The Bertz CT molecular complexity index is 712. The van der Waals surface area contributed by atoms with E-state index in [1.165, 1.54) is 32.4 Å². The van der Waals surface area contributed by atoms with Gasteiger partial charge in [-0.05, 0) is 12.1 Å². The van der Waals surface area contributed by atoms with E-state index in [2.05, 4.69) is 10.3 Å². The van der Waals surface area contributed by atoms with Crippen LogP contribution in [0.15, 0.2) is 18.2 Å². The van der Waals surface area contributed by atoms with E-state index in [4.69, 9.17) is 14.6 Å². The molecule has 1 aromatic carbocycles. The number of halogens is 3. The smallest absolute Gasteiger partial charge is 0.436 e. The van der Waals surface area contributed by atoms with Crippen LogP contribution >= 0.6 is 0 Å². The molecular formula is C12H10F3N3O4. The van der Waals surface area contributed by atoms with Crippen LogP contribution < -0.4 is 9.47 Å². The van der Waals surface area contributed by atoms with E-state index in [-0.39, 0.29) is 11.4 Å². The van der Waals surface area contributed by atoms with Gasteiger partial charge < -0.3 is 14.6 Å². The van der Waals surface area contributed by atoms with Crippen molar-refractivity contribution in [1.29, 1.82) is 0 Å². The lowest BCUT2D eigenvalue weighted by Gasteiger charge is -2.12. The van der Waals surface area contributed by atoms with Gasteiger partial charge in [-0.1, -0.05) is 5.21 Å². The molecule has 118 valence electrons. The number of hydrogen-bond donors (Lipinski definition) is 1.